The fraction of sp³-hybridized carbons (Fsp3) is 0.286. The minimum Gasteiger partial charge on any atom is -0.497 e. The lowest BCUT2D eigenvalue weighted by molar-refractivity contribution is 0.0990. The lowest BCUT2D eigenvalue weighted by Crippen LogP contribution is -2.08. The van der Waals surface area contributed by atoms with E-state index in [0.29, 0.717) is 16.3 Å². The Labute approximate surface area is 116 Å². The van der Waals surface area contributed by atoms with Crippen molar-refractivity contribution in [2.24, 2.45) is 7.05 Å². The molecule has 19 heavy (non-hydrogen) atoms. The number of ketones is 1. The summed E-state index contributed by atoms with van der Waals surface area (Å²) < 4.78 is 6.76. The summed E-state index contributed by atoms with van der Waals surface area (Å²) in [5.74, 6) is 0.655. The van der Waals surface area contributed by atoms with Gasteiger partial charge in [-0.25, -0.2) is 0 Å². The molecule has 2 aromatic rings. The molecule has 1 aromatic carbocycles. The molecule has 4 nitrogen and oxygen atoms in total. The molecule has 0 aliphatic carbocycles. The fourth-order valence-electron chi connectivity index (χ4n) is 1.92. The van der Waals surface area contributed by atoms with Gasteiger partial charge in [-0.15, -0.1) is 0 Å². The van der Waals surface area contributed by atoms with E-state index < -0.39 is 0 Å². The predicted molar refractivity (Wildman–Crippen MR) is 74.0 cm³/mol. The van der Waals surface area contributed by atoms with Gasteiger partial charge in [-0.2, -0.15) is 5.10 Å². The lowest BCUT2D eigenvalue weighted by atomic mass is 10.1. The highest BCUT2D eigenvalue weighted by atomic mass is 35.5. The maximum Gasteiger partial charge on any atom is 0.168 e. The number of hydrogen-bond acceptors (Lipinski definition) is 3. The molecule has 0 saturated carbocycles. The first kappa shape index (κ1) is 13.6. The first-order valence-electron chi connectivity index (χ1n) is 5.88. The zero-order valence-electron chi connectivity index (χ0n) is 11.1. The number of carbonyl (C=O) groups excluding carboxylic acids is 1. The van der Waals surface area contributed by atoms with Crippen molar-refractivity contribution in [3.05, 3.63) is 46.2 Å². The minimum atomic E-state index is -0.0104. The van der Waals surface area contributed by atoms with E-state index >= 15 is 0 Å². The van der Waals surface area contributed by atoms with Crippen molar-refractivity contribution in [1.29, 1.82) is 0 Å². The highest BCUT2D eigenvalue weighted by molar-refractivity contribution is 6.32. The Bertz CT molecular complexity index is 620. The van der Waals surface area contributed by atoms with Crippen molar-refractivity contribution < 1.29 is 9.53 Å². The van der Waals surface area contributed by atoms with Crippen LogP contribution in [-0.4, -0.2) is 22.7 Å². The van der Waals surface area contributed by atoms with Crippen molar-refractivity contribution in [1.82, 2.24) is 9.78 Å². The van der Waals surface area contributed by atoms with Gasteiger partial charge < -0.3 is 4.74 Å². The summed E-state index contributed by atoms with van der Waals surface area (Å²) in [6.45, 7) is 1.82. The molecule has 0 radical (unpaired) electrons. The average molecular weight is 279 g/mol. The molecule has 0 aliphatic rings. The number of aryl methyl sites for hydroxylation is 2. The number of benzene rings is 1. The second kappa shape index (κ2) is 5.45. The molecule has 0 saturated heterocycles. The Balaban J connectivity index is 2.25. The van der Waals surface area contributed by atoms with Gasteiger partial charge in [0.05, 0.1) is 29.9 Å². The van der Waals surface area contributed by atoms with Crippen LogP contribution in [0.25, 0.3) is 0 Å². The summed E-state index contributed by atoms with van der Waals surface area (Å²) >= 11 is 6.14. The summed E-state index contributed by atoms with van der Waals surface area (Å²) in [4.78, 5) is 12.2. The van der Waals surface area contributed by atoms with E-state index in [1.165, 1.54) is 0 Å². The van der Waals surface area contributed by atoms with Gasteiger partial charge in [-0.3, -0.25) is 9.48 Å². The summed E-state index contributed by atoms with van der Waals surface area (Å²) in [7, 11) is 3.36. The lowest BCUT2D eigenvalue weighted by Gasteiger charge is -2.05. The highest BCUT2D eigenvalue weighted by Gasteiger charge is 2.16. The van der Waals surface area contributed by atoms with Crippen LogP contribution in [0.4, 0.5) is 0 Å². The van der Waals surface area contributed by atoms with Gasteiger partial charge >= 0.3 is 0 Å². The molecule has 5 heteroatoms. The SMILES string of the molecule is COc1cccc(C(=O)Cc2c(Cl)c(C)nn2C)c1. The largest absolute Gasteiger partial charge is 0.497 e. The third kappa shape index (κ3) is 2.79. The van der Waals surface area contributed by atoms with Gasteiger partial charge in [0.1, 0.15) is 5.75 Å². The number of carbonyl (C=O) groups is 1. The number of Topliss-reactive ketones (excluding diaryl/α,β-unsaturated/α-hetero) is 1. The van der Waals surface area contributed by atoms with Crippen LogP contribution < -0.4 is 4.74 Å². The summed E-state index contributed by atoms with van der Waals surface area (Å²) in [5.41, 5.74) is 2.07. The molecule has 2 rings (SSSR count). The van der Waals surface area contributed by atoms with Crippen LogP contribution in [0.5, 0.6) is 5.75 Å². The van der Waals surface area contributed by atoms with Crippen molar-refractivity contribution >= 4 is 17.4 Å². The molecule has 0 N–H and O–H groups in total. The average Bonchev–Trinajstić information content (AvgIpc) is 2.65. The van der Waals surface area contributed by atoms with Gasteiger partial charge in [0, 0.05) is 12.6 Å². The number of methoxy groups -OCH3 is 1. The standard InChI is InChI=1S/C14H15ClN2O2/c1-9-14(15)12(17(2)16-9)8-13(18)10-5-4-6-11(7-10)19-3/h4-7H,8H2,1-3H3. The zero-order chi connectivity index (χ0) is 14.0. The Hall–Kier alpha value is -1.81. The fourth-order valence-corrected chi connectivity index (χ4v) is 2.15. The Morgan fingerprint density at radius 2 is 2.21 bits per heavy atom. The predicted octanol–water partition coefficient (Wildman–Crippen LogP) is 2.82. The van der Waals surface area contributed by atoms with Crippen molar-refractivity contribution in [2.45, 2.75) is 13.3 Å². The molecule has 0 amide bonds. The van der Waals surface area contributed by atoms with Gasteiger partial charge in [-0.1, -0.05) is 23.7 Å². The van der Waals surface area contributed by atoms with Crippen LogP contribution in [0.2, 0.25) is 5.02 Å². The zero-order valence-corrected chi connectivity index (χ0v) is 11.9. The molecule has 0 unspecified atom stereocenters. The monoisotopic (exact) mass is 278 g/mol. The number of ether oxygens (including phenoxy) is 1. The number of rotatable bonds is 4. The number of halogens is 1. The maximum absolute atomic E-state index is 12.2. The van der Waals surface area contributed by atoms with Crippen molar-refractivity contribution in [2.75, 3.05) is 7.11 Å². The molecule has 100 valence electrons. The molecule has 0 fully saturated rings. The van der Waals surface area contributed by atoms with Crippen LogP contribution in [0.15, 0.2) is 24.3 Å². The second-order valence-electron chi connectivity index (χ2n) is 4.30. The van der Waals surface area contributed by atoms with E-state index in [4.69, 9.17) is 16.3 Å². The summed E-state index contributed by atoms with van der Waals surface area (Å²) in [6, 6.07) is 7.08. The van der Waals surface area contributed by atoms with Crippen LogP contribution in [0, 0.1) is 6.92 Å². The van der Waals surface area contributed by atoms with E-state index in [1.807, 2.05) is 6.92 Å². The third-order valence-corrected chi connectivity index (χ3v) is 3.47. The maximum atomic E-state index is 12.2. The van der Waals surface area contributed by atoms with Crippen LogP contribution in [0.3, 0.4) is 0 Å². The molecular weight excluding hydrogens is 264 g/mol. The highest BCUT2D eigenvalue weighted by Crippen LogP contribution is 2.22. The van der Waals surface area contributed by atoms with Crippen molar-refractivity contribution in [3.8, 4) is 5.75 Å². The van der Waals surface area contributed by atoms with Gasteiger partial charge in [-0.05, 0) is 19.1 Å². The van der Waals surface area contributed by atoms with Crippen molar-refractivity contribution in [3.63, 3.8) is 0 Å². The van der Waals surface area contributed by atoms with E-state index in [2.05, 4.69) is 5.10 Å². The minimum absolute atomic E-state index is 0.0104. The number of hydrogen-bond donors (Lipinski definition) is 0. The quantitative estimate of drug-likeness (QED) is 0.808. The topological polar surface area (TPSA) is 44.1 Å². The molecule has 0 atom stereocenters. The molecule has 0 spiro atoms. The number of nitrogens with zero attached hydrogens (tertiary/aromatic N) is 2. The van der Waals surface area contributed by atoms with E-state index in [1.54, 1.807) is 43.1 Å². The number of aromatic nitrogens is 2. The normalized spacial score (nSPS) is 10.5. The molecule has 1 aromatic heterocycles. The van der Waals surface area contributed by atoms with Gasteiger partial charge in [0.25, 0.3) is 0 Å². The summed E-state index contributed by atoms with van der Waals surface area (Å²) in [5, 5.41) is 4.75. The Kier molecular flexibility index (Phi) is 3.90. The van der Waals surface area contributed by atoms with E-state index in [9.17, 15) is 4.79 Å². The van der Waals surface area contributed by atoms with E-state index in [0.717, 1.165) is 11.4 Å². The molecular formula is C14H15ClN2O2. The van der Waals surface area contributed by atoms with Gasteiger partial charge in [0.2, 0.25) is 0 Å². The third-order valence-electron chi connectivity index (χ3n) is 2.98. The van der Waals surface area contributed by atoms with Crippen LogP contribution in [-0.2, 0) is 13.5 Å². The second-order valence-corrected chi connectivity index (χ2v) is 4.68. The van der Waals surface area contributed by atoms with Gasteiger partial charge in [0.15, 0.2) is 5.78 Å². The first-order valence-corrected chi connectivity index (χ1v) is 6.26. The molecule has 0 bridgehead atoms. The molecule has 0 aliphatic heterocycles. The van der Waals surface area contributed by atoms with Crippen LogP contribution in [0.1, 0.15) is 21.7 Å². The molecule has 1 heterocycles. The van der Waals surface area contributed by atoms with Crippen LogP contribution >= 0.6 is 11.6 Å². The van der Waals surface area contributed by atoms with E-state index in [-0.39, 0.29) is 12.2 Å². The Morgan fingerprint density at radius 3 is 2.79 bits per heavy atom. The smallest absolute Gasteiger partial charge is 0.168 e. The first-order chi connectivity index (χ1) is 9.02. The Morgan fingerprint density at radius 1 is 1.47 bits per heavy atom. The summed E-state index contributed by atoms with van der Waals surface area (Å²) in [6.07, 6.45) is 0.226.